The predicted octanol–water partition coefficient (Wildman–Crippen LogP) is 4.13. The Morgan fingerprint density at radius 3 is 2.61 bits per heavy atom. The van der Waals surface area contributed by atoms with Crippen LogP contribution in [0.4, 0.5) is 15.0 Å². The van der Waals surface area contributed by atoms with Crippen molar-refractivity contribution in [2.24, 2.45) is 13.0 Å². The topological polar surface area (TPSA) is 108 Å². The van der Waals surface area contributed by atoms with Gasteiger partial charge >= 0.3 is 6.09 Å². The monoisotopic (exact) mass is 458 g/mol. The predicted molar refractivity (Wildman–Crippen MR) is 127 cm³/mol. The van der Waals surface area contributed by atoms with Crippen LogP contribution in [0.15, 0.2) is 29.2 Å². The summed E-state index contributed by atoms with van der Waals surface area (Å²) in [6.45, 7) is 9.41. The van der Waals surface area contributed by atoms with Gasteiger partial charge in [-0.15, -0.1) is 0 Å². The maximum absolute atomic E-state index is 15.0. The lowest BCUT2D eigenvalue weighted by molar-refractivity contribution is 0.0479. The van der Waals surface area contributed by atoms with E-state index in [0.29, 0.717) is 22.7 Å². The Kier molecular flexibility index (Phi) is 6.81. The van der Waals surface area contributed by atoms with E-state index in [2.05, 4.69) is 10.3 Å². The van der Waals surface area contributed by atoms with E-state index in [4.69, 9.17) is 15.2 Å². The number of nitrogens with one attached hydrogen (secondary N) is 1. The van der Waals surface area contributed by atoms with Crippen LogP contribution in [-0.2, 0) is 11.8 Å². The highest BCUT2D eigenvalue weighted by Crippen LogP contribution is 2.30. The number of carbonyl (C=O) groups excluding carboxylic acids is 1. The number of rotatable bonds is 6. The van der Waals surface area contributed by atoms with E-state index in [1.54, 1.807) is 33.9 Å². The number of hydrogen-bond acceptors (Lipinski definition) is 6. The van der Waals surface area contributed by atoms with E-state index < -0.39 is 17.5 Å². The molecule has 0 fully saturated rings. The molecule has 3 rings (SSSR count). The van der Waals surface area contributed by atoms with E-state index in [1.807, 2.05) is 13.8 Å². The lowest BCUT2D eigenvalue weighted by Crippen LogP contribution is -2.42. The SMILES string of the molecule is CC(C)CC(COc1cc2c(cc1F)c1ccnc(N)c1c(=O)n2C)NC(=O)OC(C)(C)C. The van der Waals surface area contributed by atoms with Crippen LogP contribution in [0.5, 0.6) is 5.75 Å². The number of nitrogens with two attached hydrogens (primary N) is 1. The van der Waals surface area contributed by atoms with Gasteiger partial charge in [0.15, 0.2) is 11.6 Å². The van der Waals surface area contributed by atoms with Gasteiger partial charge in [-0.2, -0.15) is 0 Å². The molecule has 1 atom stereocenters. The number of nitrogen functional groups attached to an aromatic ring is 1. The first-order chi connectivity index (χ1) is 15.4. The molecule has 2 aromatic heterocycles. The number of halogens is 1. The Morgan fingerprint density at radius 2 is 1.97 bits per heavy atom. The fraction of sp³-hybridized carbons (Fsp3) is 0.458. The Morgan fingerprint density at radius 1 is 1.27 bits per heavy atom. The molecule has 178 valence electrons. The van der Waals surface area contributed by atoms with Crippen molar-refractivity contribution in [3.8, 4) is 5.75 Å². The number of alkyl carbamates (subject to hydrolysis) is 1. The van der Waals surface area contributed by atoms with Crippen molar-refractivity contribution < 1.29 is 18.7 Å². The van der Waals surface area contributed by atoms with Gasteiger partial charge in [-0.3, -0.25) is 4.79 Å². The van der Waals surface area contributed by atoms with Gasteiger partial charge in [0, 0.05) is 30.1 Å². The standard InChI is InChI=1S/C24H31FN4O4/c1-13(2)9-14(28-23(31)33-24(3,4)5)12-32-19-11-18-16(10-17(19)25)15-7-8-27-21(26)20(15)22(30)29(18)6/h7-8,10-11,13-14H,9,12H2,1-6H3,(H2,26,27)(H,28,31). The summed E-state index contributed by atoms with van der Waals surface area (Å²) < 4.78 is 27.5. The molecule has 0 saturated carbocycles. The Labute approximate surface area is 191 Å². The molecule has 1 amide bonds. The lowest BCUT2D eigenvalue weighted by Gasteiger charge is -2.25. The molecule has 1 unspecified atom stereocenters. The Bertz CT molecular complexity index is 1250. The molecule has 1 aromatic carbocycles. The zero-order valence-electron chi connectivity index (χ0n) is 19.9. The third-order valence-electron chi connectivity index (χ3n) is 5.12. The Hall–Kier alpha value is -3.36. The van der Waals surface area contributed by atoms with Gasteiger partial charge in [0.25, 0.3) is 5.56 Å². The van der Waals surface area contributed by atoms with Gasteiger partial charge in [0.2, 0.25) is 0 Å². The van der Waals surface area contributed by atoms with Crippen molar-refractivity contribution in [1.82, 2.24) is 14.9 Å². The molecule has 9 heteroatoms. The Balaban J connectivity index is 1.92. The van der Waals surface area contributed by atoms with Crippen LogP contribution in [0.1, 0.15) is 41.0 Å². The zero-order chi connectivity index (χ0) is 24.5. The van der Waals surface area contributed by atoms with Crippen molar-refractivity contribution in [2.45, 2.75) is 52.7 Å². The van der Waals surface area contributed by atoms with Crippen LogP contribution >= 0.6 is 0 Å². The van der Waals surface area contributed by atoms with Crippen LogP contribution in [0.3, 0.4) is 0 Å². The summed E-state index contributed by atoms with van der Waals surface area (Å²) in [5, 5.41) is 4.10. The summed E-state index contributed by atoms with van der Waals surface area (Å²) in [4.78, 5) is 29.0. The first-order valence-electron chi connectivity index (χ1n) is 10.9. The molecule has 0 saturated heterocycles. The molecule has 3 aromatic rings. The van der Waals surface area contributed by atoms with E-state index >= 15 is 4.39 Å². The molecule has 0 spiro atoms. The first-order valence-corrected chi connectivity index (χ1v) is 10.9. The maximum Gasteiger partial charge on any atom is 0.407 e. The number of hydrogen-bond donors (Lipinski definition) is 2. The zero-order valence-corrected chi connectivity index (χ0v) is 19.9. The summed E-state index contributed by atoms with van der Waals surface area (Å²) >= 11 is 0. The second kappa shape index (κ2) is 9.25. The number of benzene rings is 1. The van der Waals surface area contributed by atoms with Gasteiger partial charge in [-0.05, 0) is 45.2 Å². The minimum absolute atomic E-state index is 0.0152. The first kappa shape index (κ1) is 24.3. The highest BCUT2D eigenvalue weighted by Gasteiger charge is 2.22. The molecular formula is C24H31FN4O4. The molecule has 0 bridgehead atoms. The number of ether oxygens (including phenoxy) is 2. The van der Waals surface area contributed by atoms with Crippen LogP contribution < -0.4 is 21.3 Å². The molecule has 0 aliphatic heterocycles. The van der Waals surface area contributed by atoms with Gasteiger partial charge in [0.05, 0.1) is 16.9 Å². The number of pyridine rings is 2. The molecule has 0 aliphatic carbocycles. The van der Waals surface area contributed by atoms with Crippen LogP contribution in [0.2, 0.25) is 0 Å². The fourth-order valence-electron chi connectivity index (χ4n) is 3.75. The van der Waals surface area contributed by atoms with Crippen molar-refractivity contribution in [2.75, 3.05) is 12.3 Å². The summed E-state index contributed by atoms with van der Waals surface area (Å²) in [5.74, 6) is -0.237. The van der Waals surface area contributed by atoms with Gasteiger partial charge in [-0.1, -0.05) is 13.8 Å². The largest absolute Gasteiger partial charge is 0.488 e. The minimum Gasteiger partial charge on any atom is -0.488 e. The van der Waals surface area contributed by atoms with Crippen LogP contribution in [0.25, 0.3) is 21.7 Å². The van der Waals surface area contributed by atoms with E-state index in [9.17, 15) is 9.59 Å². The lowest BCUT2D eigenvalue weighted by atomic mass is 10.0. The van der Waals surface area contributed by atoms with Crippen molar-refractivity contribution in [3.05, 3.63) is 40.6 Å². The quantitative estimate of drug-likeness (QED) is 0.538. The average molecular weight is 459 g/mol. The number of aromatic nitrogens is 2. The number of nitrogens with zero attached hydrogens (tertiary/aromatic N) is 2. The molecule has 3 N–H and O–H groups in total. The molecule has 8 nitrogen and oxygen atoms in total. The number of amides is 1. The second-order valence-electron chi connectivity index (χ2n) is 9.57. The molecular weight excluding hydrogens is 427 g/mol. The third-order valence-corrected chi connectivity index (χ3v) is 5.12. The van der Waals surface area contributed by atoms with Crippen LogP contribution in [0, 0.1) is 11.7 Å². The number of aryl methyl sites for hydroxylation is 1. The minimum atomic E-state index is -0.635. The molecule has 33 heavy (non-hydrogen) atoms. The fourth-order valence-corrected chi connectivity index (χ4v) is 3.75. The molecule has 2 heterocycles. The van der Waals surface area contributed by atoms with Crippen molar-refractivity contribution in [3.63, 3.8) is 0 Å². The summed E-state index contributed by atoms with van der Waals surface area (Å²) in [7, 11) is 1.59. The van der Waals surface area contributed by atoms with Crippen LogP contribution in [-0.4, -0.2) is 33.9 Å². The number of carbonyl (C=O) groups is 1. The number of fused-ring (bicyclic) bond motifs is 3. The van der Waals surface area contributed by atoms with Gasteiger partial charge in [0.1, 0.15) is 18.0 Å². The number of anilines is 1. The maximum atomic E-state index is 15.0. The normalized spacial score (nSPS) is 12.8. The van der Waals surface area contributed by atoms with Crippen molar-refractivity contribution in [1.29, 1.82) is 0 Å². The second-order valence-corrected chi connectivity index (χ2v) is 9.57. The molecule has 0 radical (unpaired) electrons. The third kappa shape index (κ3) is 5.53. The van der Waals surface area contributed by atoms with E-state index in [1.165, 1.54) is 22.9 Å². The van der Waals surface area contributed by atoms with Gasteiger partial charge < -0.3 is 25.1 Å². The summed E-state index contributed by atoms with van der Waals surface area (Å²) in [6.07, 6.45) is 1.54. The summed E-state index contributed by atoms with van der Waals surface area (Å²) in [5.41, 5.74) is 5.43. The highest BCUT2D eigenvalue weighted by molar-refractivity contribution is 6.08. The summed E-state index contributed by atoms with van der Waals surface area (Å²) in [6, 6.07) is 4.06. The highest BCUT2D eigenvalue weighted by atomic mass is 19.1. The average Bonchev–Trinajstić information content (AvgIpc) is 2.68. The van der Waals surface area contributed by atoms with Gasteiger partial charge in [-0.25, -0.2) is 14.2 Å². The van der Waals surface area contributed by atoms with E-state index in [0.717, 1.165) is 0 Å². The van der Waals surface area contributed by atoms with Crippen molar-refractivity contribution >= 4 is 33.6 Å². The smallest absolute Gasteiger partial charge is 0.407 e. The van der Waals surface area contributed by atoms with E-state index in [-0.39, 0.29) is 41.1 Å². The molecule has 0 aliphatic rings.